The molecule has 0 aromatic heterocycles. The van der Waals surface area contributed by atoms with Gasteiger partial charge in [0.15, 0.2) is 0 Å². The number of aliphatic carboxylic acids is 1. The quantitative estimate of drug-likeness (QED) is 0.864. The number of rotatable bonds is 3. The monoisotopic (exact) mass is 303 g/mol. The highest BCUT2D eigenvalue weighted by atomic mass is 32.2. The van der Waals surface area contributed by atoms with Gasteiger partial charge in [0.2, 0.25) is 10.0 Å². The third-order valence-corrected chi connectivity index (χ3v) is 7.03. The van der Waals surface area contributed by atoms with Gasteiger partial charge in [-0.05, 0) is 43.9 Å². The molecule has 2 fully saturated rings. The van der Waals surface area contributed by atoms with Crippen molar-refractivity contribution in [2.24, 2.45) is 17.8 Å². The fourth-order valence-corrected chi connectivity index (χ4v) is 5.97. The summed E-state index contributed by atoms with van der Waals surface area (Å²) in [6, 6.07) is 0. The van der Waals surface area contributed by atoms with Crippen molar-refractivity contribution in [1.82, 2.24) is 4.31 Å². The molecule has 1 heterocycles. The maximum Gasteiger partial charge on any atom is 0.306 e. The summed E-state index contributed by atoms with van der Waals surface area (Å²) in [7, 11) is -3.26. The van der Waals surface area contributed by atoms with Crippen molar-refractivity contribution in [3.63, 3.8) is 0 Å². The molecule has 1 saturated carbocycles. The van der Waals surface area contributed by atoms with Gasteiger partial charge in [-0.2, -0.15) is 0 Å². The van der Waals surface area contributed by atoms with Crippen LogP contribution < -0.4 is 0 Å². The second-order valence-corrected chi connectivity index (χ2v) is 8.81. The van der Waals surface area contributed by atoms with Crippen molar-refractivity contribution in [1.29, 1.82) is 0 Å². The Hall–Kier alpha value is -0.620. The summed E-state index contributed by atoms with van der Waals surface area (Å²) >= 11 is 0. The molecule has 0 aromatic rings. The fourth-order valence-electron chi connectivity index (χ4n) is 3.68. The summed E-state index contributed by atoms with van der Waals surface area (Å²) in [5.41, 5.74) is 0. The minimum Gasteiger partial charge on any atom is -0.481 e. The molecule has 5 nitrogen and oxygen atoms in total. The zero-order chi connectivity index (χ0) is 14.9. The Morgan fingerprint density at radius 3 is 2.00 bits per heavy atom. The molecule has 1 N–H and O–H groups in total. The third kappa shape index (κ3) is 3.34. The molecule has 0 bridgehead atoms. The summed E-state index contributed by atoms with van der Waals surface area (Å²) in [6.07, 6.45) is 3.46. The van der Waals surface area contributed by atoms with Crippen molar-refractivity contribution < 1.29 is 18.3 Å². The second-order valence-electron chi connectivity index (χ2n) is 6.60. The van der Waals surface area contributed by atoms with Crippen molar-refractivity contribution in [2.45, 2.75) is 51.2 Å². The number of hydrogen-bond donors (Lipinski definition) is 1. The van der Waals surface area contributed by atoms with Gasteiger partial charge in [0.05, 0.1) is 11.2 Å². The molecule has 2 atom stereocenters. The van der Waals surface area contributed by atoms with Crippen molar-refractivity contribution in [2.75, 3.05) is 13.1 Å². The lowest BCUT2D eigenvalue weighted by Crippen LogP contribution is -2.46. The lowest BCUT2D eigenvalue weighted by Gasteiger charge is -2.36. The van der Waals surface area contributed by atoms with Crippen LogP contribution in [0, 0.1) is 17.8 Å². The number of carboxylic acid groups (broad SMARTS) is 1. The highest BCUT2D eigenvalue weighted by Gasteiger charge is 2.39. The number of piperidine rings is 1. The van der Waals surface area contributed by atoms with E-state index in [0.29, 0.717) is 37.8 Å². The molecule has 1 aliphatic carbocycles. The van der Waals surface area contributed by atoms with Crippen molar-refractivity contribution in [3.8, 4) is 0 Å². The number of hydrogen-bond acceptors (Lipinski definition) is 3. The first kappa shape index (κ1) is 15.8. The number of carboxylic acids is 1. The predicted molar refractivity (Wildman–Crippen MR) is 76.8 cm³/mol. The Labute approximate surface area is 121 Å². The maximum atomic E-state index is 12.7. The lowest BCUT2D eigenvalue weighted by molar-refractivity contribution is -0.142. The maximum absolute atomic E-state index is 12.7. The zero-order valence-electron chi connectivity index (χ0n) is 12.3. The molecule has 0 spiro atoms. The van der Waals surface area contributed by atoms with E-state index in [2.05, 4.69) is 13.8 Å². The summed E-state index contributed by atoms with van der Waals surface area (Å²) in [6.45, 7) is 4.96. The molecule has 20 heavy (non-hydrogen) atoms. The molecule has 2 aliphatic rings. The molecule has 2 unspecified atom stereocenters. The highest BCUT2D eigenvalue weighted by molar-refractivity contribution is 7.89. The Balaban J connectivity index is 2.02. The summed E-state index contributed by atoms with van der Waals surface area (Å²) < 4.78 is 26.9. The van der Waals surface area contributed by atoms with E-state index in [1.54, 1.807) is 0 Å². The summed E-state index contributed by atoms with van der Waals surface area (Å²) in [5.74, 6) is -0.280. The van der Waals surface area contributed by atoms with E-state index in [1.807, 2.05) is 0 Å². The Bertz CT molecular complexity index is 444. The first-order valence-corrected chi connectivity index (χ1v) is 9.02. The van der Waals surface area contributed by atoms with Gasteiger partial charge in [0, 0.05) is 13.1 Å². The van der Waals surface area contributed by atoms with E-state index in [4.69, 9.17) is 5.11 Å². The predicted octanol–water partition coefficient (Wildman–Crippen LogP) is 1.94. The van der Waals surface area contributed by atoms with Gasteiger partial charge in [-0.3, -0.25) is 4.79 Å². The molecule has 1 aliphatic heterocycles. The molecule has 116 valence electrons. The smallest absolute Gasteiger partial charge is 0.306 e. The lowest BCUT2D eigenvalue weighted by atomic mass is 9.83. The molecular weight excluding hydrogens is 278 g/mol. The minimum absolute atomic E-state index is 0.275. The van der Waals surface area contributed by atoms with Crippen LogP contribution in [-0.2, 0) is 14.8 Å². The zero-order valence-corrected chi connectivity index (χ0v) is 13.1. The van der Waals surface area contributed by atoms with Gasteiger partial charge in [0.25, 0.3) is 0 Å². The van der Waals surface area contributed by atoms with E-state index in [-0.39, 0.29) is 11.2 Å². The van der Waals surface area contributed by atoms with E-state index in [1.165, 1.54) is 4.31 Å². The third-order valence-electron chi connectivity index (χ3n) is 4.72. The normalized spacial score (nSPS) is 34.0. The molecule has 0 radical (unpaired) electrons. The van der Waals surface area contributed by atoms with Crippen LogP contribution in [0.1, 0.15) is 46.0 Å². The van der Waals surface area contributed by atoms with Crippen LogP contribution in [0.5, 0.6) is 0 Å². The molecule has 1 saturated heterocycles. The Morgan fingerprint density at radius 1 is 1.05 bits per heavy atom. The van der Waals surface area contributed by atoms with Crippen LogP contribution in [-0.4, -0.2) is 42.1 Å². The van der Waals surface area contributed by atoms with Gasteiger partial charge in [-0.25, -0.2) is 12.7 Å². The van der Waals surface area contributed by atoms with Crippen LogP contribution >= 0.6 is 0 Å². The van der Waals surface area contributed by atoms with E-state index in [9.17, 15) is 13.2 Å². The standard InChI is InChI=1S/C14H25NO4S/c1-10-7-11(2)9-13(8-10)20(18,19)15-5-3-12(4-6-15)14(16)17/h10-13H,3-9H2,1-2H3,(H,16,17). The molecule has 2 rings (SSSR count). The SMILES string of the molecule is CC1CC(C)CC(S(=O)(=O)N2CCC(C(=O)O)CC2)C1. The molecule has 0 amide bonds. The van der Waals surface area contributed by atoms with E-state index >= 15 is 0 Å². The van der Waals surface area contributed by atoms with Gasteiger partial charge < -0.3 is 5.11 Å². The highest BCUT2D eigenvalue weighted by Crippen LogP contribution is 2.34. The van der Waals surface area contributed by atoms with E-state index < -0.39 is 16.0 Å². The van der Waals surface area contributed by atoms with Crippen molar-refractivity contribution in [3.05, 3.63) is 0 Å². The molecular formula is C14H25NO4S. The van der Waals surface area contributed by atoms with Crippen molar-refractivity contribution >= 4 is 16.0 Å². The van der Waals surface area contributed by atoms with Crippen LogP contribution in [0.3, 0.4) is 0 Å². The average Bonchev–Trinajstić information content (AvgIpc) is 2.37. The van der Waals surface area contributed by atoms with Crippen LogP contribution in [0.4, 0.5) is 0 Å². The number of sulfonamides is 1. The van der Waals surface area contributed by atoms with Crippen LogP contribution in [0.15, 0.2) is 0 Å². The Morgan fingerprint density at radius 2 is 1.55 bits per heavy atom. The average molecular weight is 303 g/mol. The van der Waals surface area contributed by atoms with E-state index in [0.717, 1.165) is 19.3 Å². The van der Waals surface area contributed by atoms with Gasteiger partial charge >= 0.3 is 5.97 Å². The van der Waals surface area contributed by atoms with Gasteiger partial charge in [0.1, 0.15) is 0 Å². The number of nitrogens with zero attached hydrogens (tertiary/aromatic N) is 1. The fraction of sp³-hybridized carbons (Fsp3) is 0.929. The second kappa shape index (κ2) is 6.02. The summed E-state index contributed by atoms with van der Waals surface area (Å²) in [5, 5.41) is 8.70. The van der Waals surface area contributed by atoms with Crippen LogP contribution in [0.25, 0.3) is 0 Å². The Kier molecular flexibility index (Phi) is 4.74. The number of carbonyl (C=O) groups is 1. The van der Waals surface area contributed by atoms with Gasteiger partial charge in [-0.15, -0.1) is 0 Å². The molecule has 6 heteroatoms. The first-order chi connectivity index (χ1) is 9.30. The summed E-state index contributed by atoms with van der Waals surface area (Å²) in [4.78, 5) is 10.9. The first-order valence-electron chi connectivity index (χ1n) is 7.52. The topological polar surface area (TPSA) is 74.7 Å². The van der Waals surface area contributed by atoms with Crippen LogP contribution in [0.2, 0.25) is 0 Å². The minimum atomic E-state index is -3.26. The largest absolute Gasteiger partial charge is 0.481 e. The molecule has 0 aromatic carbocycles. The van der Waals surface area contributed by atoms with Gasteiger partial charge in [-0.1, -0.05) is 13.8 Å².